The number of aromatic nitrogens is 2. The maximum atomic E-state index is 12.6. The molecule has 1 aromatic heterocycles. The average Bonchev–Trinajstić information content (AvgIpc) is 3.00. The number of imidazole rings is 1. The van der Waals surface area contributed by atoms with Crippen molar-refractivity contribution in [2.45, 2.75) is 30.8 Å². The van der Waals surface area contributed by atoms with Crippen molar-refractivity contribution in [3.63, 3.8) is 0 Å². The van der Waals surface area contributed by atoms with Crippen LogP contribution in [0.4, 0.5) is 5.69 Å². The molecule has 120 valence electrons. The van der Waals surface area contributed by atoms with Gasteiger partial charge in [-0.3, -0.25) is 9.59 Å². The average molecular weight is 331 g/mol. The molecule has 7 heteroatoms. The summed E-state index contributed by atoms with van der Waals surface area (Å²) in [5.74, 6) is 0.362. The Hall–Kier alpha value is -2.28. The van der Waals surface area contributed by atoms with E-state index in [1.165, 1.54) is 11.8 Å². The van der Waals surface area contributed by atoms with Gasteiger partial charge in [-0.2, -0.15) is 0 Å². The molecule has 0 aliphatic carbocycles. The number of rotatable bonds is 5. The van der Waals surface area contributed by atoms with Crippen molar-refractivity contribution < 1.29 is 14.3 Å². The first-order valence-electron chi connectivity index (χ1n) is 7.37. The topological polar surface area (TPSA) is 73.2 Å². The fraction of sp³-hybridized carbons (Fsp3) is 0.312. The summed E-state index contributed by atoms with van der Waals surface area (Å²) in [5.41, 5.74) is 1.09. The molecule has 1 atom stereocenters. The minimum absolute atomic E-state index is 0.00617. The van der Waals surface area contributed by atoms with Gasteiger partial charge in [-0.1, -0.05) is 11.8 Å². The molecular weight excluding hydrogens is 314 g/mol. The minimum atomic E-state index is -0.277. The molecule has 1 aromatic carbocycles. The molecule has 0 bridgehead atoms. The third-order valence-corrected chi connectivity index (χ3v) is 4.68. The normalized spacial score (nSPS) is 14.6. The third kappa shape index (κ3) is 3.24. The van der Waals surface area contributed by atoms with Gasteiger partial charge in [0.2, 0.25) is 0 Å². The highest BCUT2D eigenvalue weighted by Gasteiger charge is 2.22. The van der Waals surface area contributed by atoms with E-state index in [1.54, 1.807) is 24.4 Å². The number of fused-ring (bicyclic) bond motifs is 1. The third-order valence-electron chi connectivity index (χ3n) is 3.57. The molecule has 2 heterocycles. The number of anilines is 1. The van der Waals surface area contributed by atoms with E-state index in [2.05, 4.69) is 10.3 Å². The summed E-state index contributed by atoms with van der Waals surface area (Å²) in [4.78, 5) is 28.3. The number of Topliss-reactive ketones (excluding diaryl/α,β-unsaturated/α-hetero) is 1. The summed E-state index contributed by atoms with van der Waals surface area (Å²) >= 11 is 1.43. The smallest absolute Gasteiger partial charge is 0.262 e. The first kappa shape index (κ1) is 15.6. The van der Waals surface area contributed by atoms with Crippen LogP contribution >= 0.6 is 11.8 Å². The van der Waals surface area contributed by atoms with Crippen LogP contribution in [0, 0.1) is 0 Å². The number of nitrogens with zero attached hydrogens (tertiary/aromatic N) is 2. The Kier molecular flexibility index (Phi) is 4.38. The molecule has 1 aliphatic heterocycles. The molecule has 0 spiro atoms. The maximum absolute atomic E-state index is 12.6. The first-order chi connectivity index (χ1) is 11.1. The number of nitrogens with one attached hydrogen (secondary N) is 1. The van der Waals surface area contributed by atoms with Gasteiger partial charge < -0.3 is 14.6 Å². The van der Waals surface area contributed by atoms with Crippen LogP contribution in [0.2, 0.25) is 0 Å². The molecule has 23 heavy (non-hydrogen) atoms. The summed E-state index contributed by atoms with van der Waals surface area (Å²) in [5, 5.41) is 3.26. The Morgan fingerprint density at radius 1 is 1.52 bits per heavy atom. The fourth-order valence-electron chi connectivity index (χ4n) is 2.34. The minimum Gasteiger partial charge on any atom is -0.482 e. The van der Waals surface area contributed by atoms with Gasteiger partial charge in [-0.05, 0) is 32.0 Å². The maximum Gasteiger partial charge on any atom is 0.262 e. The Bertz CT molecular complexity index is 757. The second kappa shape index (κ2) is 6.45. The largest absolute Gasteiger partial charge is 0.482 e. The molecule has 6 nitrogen and oxygen atoms in total. The van der Waals surface area contributed by atoms with Gasteiger partial charge in [0.15, 0.2) is 17.5 Å². The van der Waals surface area contributed by atoms with Crippen LogP contribution in [0.5, 0.6) is 5.75 Å². The van der Waals surface area contributed by atoms with E-state index in [-0.39, 0.29) is 23.5 Å². The van der Waals surface area contributed by atoms with E-state index >= 15 is 0 Å². The predicted octanol–water partition coefficient (Wildman–Crippen LogP) is 2.60. The molecule has 0 fully saturated rings. The monoisotopic (exact) mass is 331 g/mol. The van der Waals surface area contributed by atoms with Crippen LogP contribution in [-0.4, -0.2) is 33.1 Å². The predicted molar refractivity (Wildman–Crippen MR) is 88.1 cm³/mol. The van der Waals surface area contributed by atoms with Crippen LogP contribution in [0.15, 0.2) is 35.7 Å². The van der Waals surface area contributed by atoms with E-state index in [0.717, 1.165) is 11.7 Å². The highest BCUT2D eigenvalue weighted by Crippen LogP contribution is 2.31. The standard InChI is InChI=1S/C16H17N3O3S/c1-3-19-7-6-17-16(19)23-10(2)15(21)11-4-5-13-12(8-11)18-14(20)9-22-13/h4-8,10H,3,9H2,1-2H3,(H,18,20). The van der Waals surface area contributed by atoms with Crippen molar-refractivity contribution in [2.24, 2.45) is 0 Å². The molecule has 0 radical (unpaired) electrons. The Morgan fingerprint density at radius 2 is 2.35 bits per heavy atom. The van der Waals surface area contributed by atoms with Gasteiger partial charge in [0, 0.05) is 24.5 Å². The summed E-state index contributed by atoms with van der Waals surface area (Å²) in [6.45, 7) is 4.71. The van der Waals surface area contributed by atoms with Crippen LogP contribution in [0.1, 0.15) is 24.2 Å². The lowest BCUT2D eigenvalue weighted by Gasteiger charge is -2.19. The lowest BCUT2D eigenvalue weighted by atomic mass is 10.1. The van der Waals surface area contributed by atoms with E-state index in [9.17, 15) is 9.59 Å². The Morgan fingerprint density at radius 3 is 3.13 bits per heavy atom. The Labute approximate surface area is 138 Å². The van der Waals surface area contributed by atoms with Crippen LogP contribution in [-0.2, 0) is 11.3 Å². The van der Waals surface area contributed by atoms with Crippen molar-refractivity contribution in [2.75, 3.05) is 11.9 Å². The SMILES string of the molecule is CCn1ccnc1SC(C)C(=O)c1ccc2c(c1)NC(=O)CO2. The van der Waals surface area contributed by atoms with Crippen molar-refractivity contribution in [1.29, 1.82) is 0 Å². The molecule has 1 amide bonds. The number of carbonyl (C=O) groups excluding carboxylic acids is 2. The van der Waals surface area contributed by atoms with Crippen molar-refractivity contribution in [1.82, 2.24) is 9.55 Å². The zero-order chi connectivity index (χ0) is 16.4. The number of benzene rings is 1. The number of hydrogen-bond donors (Lipinski definition) is 1. The van der Waals surface area contributed by atoms with Gasteiger partial charge in [-0.25, -0.2) is 4.98 Å². The molecule has 3 rings (SSSR count). The lowest BCUT2D eigenvalue weighted by Crippen LogP contribution is -2.25. The summed E-state index contributed by atoms with van der Waals surface area (Å²) in [6.07, 6.45) is 3.63. The quantitative estimate of drug-likeness (QED) is 0.673. The number of aryl methyl sites for hydroxylation is 1. The number of hydrogen-bond acceptors (Lipinski definition) is 5. The van der Waals surface area contributed by atoms with Gasteiger partial charge in [0.25, 0.3) is 5.91 Å². The second-order valence-electron chi connectivity index (χ2n) is 5.17. The molecule has 2 aromatic rings. The first-order valence-corrected chi connectivity index (χ1v) is 8.25. The highest BCUT2D eigenvalue weighted by atomic mass is 32.2. The fourth-order valence-corrected chi connectivity index (χ4v) is 3.34. The number of ether oxygens (including phenoxy) is 1. The van der Waals surface area contributed by atoms with Crippen molar-refractivity contribution in [3.05, 3.63) is 36.2 Å². The molecule has 0 saturated heterocycles. The van der Waals surface area contributed by atoms with Gasteiger partial charge in [-0.15, -0.1) is 0 Å². The number of amides is 1. The summed E-state index contributed by atoms with van der Waals surface area (Å²) in [7, 11) is 0. The lowest BCUT2D eigenvalue weighted by molar-refractivity contribution is -0.118. The second-order valence-corrected chi connectivity index (χ2v) is 6.48. The van der Waals surface area contributed by atoms with Gasteiger partial charge in [0.1, 0.15) is 5.75 Å². The summed E-state index contributed by atoms with van der Waals surface area (Å²) in [6, 6.07) is 5.10. The highest BCUT2D eigenvalue weighted by molar-refractivity contribution is 8.00. The Balaban J connectivity index is 1.77. The zero-order valence-electron chi connectivity index (χ0n) is 12.9. The van der Waals surface area contributed by atoms with Crippen molar-refractivity contribution >= 4 is 29.1 Å². The summed E-state index contributed by atoms with van der Waals surface area (Å²) < 4.78 is 7.30. The number of ketones is 1. The van der Waals surface area contributed by atoms with Crippen LogP contribution in [0.3, 0.4) is 0 Å². The van der Waals surface area contributed by atoms with Gasteiger partial charge in [0.05, 0.1) is 10.9 Å². The van der Waals surface area contributed by atoms with E-state index in [0.29, 0.717) is 17.0 Å². The number of thioether (sulfide) groups is 1. The molecule has 1 unspecified atom stereocenters. The molecule has 0 saturated carbocycles. The van der Waals surface area contributed by atoms with E-state index < -0.39 is 0 Å². The van der Waals surface area contributed by atoms with Crippen LogP contribution < -0.4 is 10.1 Å². The zero-order valence-corrected chi connectivity index (χ0v) is 13.7. The molecule has 1 aliphatic rings. The van der Waals surface area contributed by atoms with E-state index in [1.807, 2.05) is 24.6 Å². The van der Waals surface area contributed by atoms with Gasteiger partial charge >= 0.3 is 0 Å². The number of carbonyl (C=O) groups is 2. The van der Waals surface area contributed by atoms with Crippen LogP contribution in [0.25, 0.3) is 0 Å². The van der Waals surface area contributed by atoms with Crippen molar-refractivity contribution in [3.8, 4) is 5.75 Å². The molecular formula is C16H17N3O3S. The van der Waals surface area contributed by atoms with E-state index in [4.69, 9.17) is 4.74 Å². The molecule has 1 N–H and O–H groups in total.